The number of nitrogens with two attached hydrogens (primary N) is 1. The van der Waals surface area contributed by atoms with Crippen molar-refractivity contribution in [3.63, 3.8) is 0 Å². The average Bonchev–Trinajstić information content (AvgIpc) is 2.83. The van der Waals surface area contributed by atoms with Crippen molar-refractivity contribution < 1.29 is 9.18 Å². The number of anilines is 2. The average molecular weight is 301 g/mol. The lowest BCUT2D eigenvalue weighted by molar-refractivity contribution is 0.0997. The van der Waals surface area contributed by atoms with E-state index in [1.807, 2.05) is 6.07 Å². The van der Waals surface area contributed by atoms with Crippen molar-refractivity contribution >= 4 is 38.8 Å². The van der Waals surface area contributed by atoms with Gasteiger partial charge in [-0.3, -0.25) is 4.79 Å². The number of aromatic nitrogens is 1. The van der Waals surface area contributed by atoms with Crippen LogP contribution in [0.25, 0.3) is 10.2 Å². The Hall–Kier alpha value is -2.47. The molecule has 4 nitrogen and oxygen atoms in total. The third-order valence-corrected chi connectivity index (χ3v) is 4.32. The van der Waals surface area contributed by atoms with Crippen LogP contribution in [0.4, 0.5) is 15.8 Å². The Bertz CT molecular complexity index is 831. The van der Waals surface area contributed by atoms with Crippen LogP contribution in [0.1, 0.15) is 9.67 Å². The monoisotopic (exact) mass is 301 g/mol. The number of benzene rings is 1. The van der Waals surface area contributed by atoms with Crippen molar-refractivity contribution in [2.24, 2.45) is 0 Å². The van der Waals surface area contributed by atoms with Crippen LogP contribution in [0.5, 0.6) is 0 Å². The van der Waals surface area contributed by atoms with Crippen LogP contribution < -0.4 is 10.6 Å². The fourth-order valence-corrected chi connectivity index (χ4v) is 3.10. The summed E-state index contributed by atoms with van der Waals surface area (Å²) in [5.74, 6) is -0.667. The van der Waals surface area contributed by atoms with Gasteiger partial charge in [0, 0.05) is 24.3 Å². The highest BCUT2D eigenvalue weighted by atomic mass is 32.1. The van der Waals surface area contributed by atoms with Crippen LogP contribution in [-0.2, 0) is 0 Å². The van der Waals surface area contributed by atoms with Gasteiger partial charge in [0.1, 0.15) is 15.5 Å². The second kappa shape index (κ2) is 5.14. The number of hydrogen-bond donors (Lipinski definition) is 1. The first kappa shape index (κ1) is 13.5. The number of rotatable bonds is 2. The Morgan fingerprint density at radius 1 is 1.33 bits per heavy atom. The molecule has 6 heteroatoms. The standard InChI is InChI=1S/C15H12FN3OS/c1-19(10-5-2-4-9(16)8-10)15(20)13-12(17)11-6-3-7-18-14(11)21-13/h2-8H,17H2,1H3. The Kier molecular flexibility index (Phi) is 3.31. The van der Waals surface area contributed by atoms with Crippen molar-refractivity contribution in [1.29, 1.82) is 0 Å². The van der Waals surface area contributed by atoms with E-state index in [1.165, 1.54) is 28.4 Å². The normalized spacial score (nSPS) is 10.8. The highest BCUT2D eigenvalue weighted by molar-refractivity contribution is 7.21. The van der Waals surface area contributed by atoms with Gasteiger partial charge in [-0.25, -0.2) is 9.37 Å². The van der Waals surface area contributed by atoms with Gasteiger partial charge in [-0.1, -0.05) is 6.07 Å². The molecule has 0 aliphatic carbocycles. The van der Waals surface area contributed by atoms with Crippen LogP contribution in [0.3, 0.4) is 0 Å². The van der Waals surface area contributed by atoms with Gasteiger partial charge in [0.15, 0.2) is 0 Å². The number of hydrogen-bond acceptors (Lipinski definition) is 4. The maximum atomic E-state index is 13.3. The van der Waals surface area contributed by atoms with Crippen molar-refractivity contribution in [3.05, 3.63) is 53.3 Å². The molecule has 3 rings (SSSR count). The van der Waals surface area contributed by atoms with Crippen LogP contribution in [0, 0.1) is 5.82 Å². The summed E-state index contributed by atoms with van der Waals surface area (Å²) in [4.78, 5) is 19.3. The summed E-state index contributed by atoms with van der Waals surface area (Å²) in [5.41, 5.74) is 6.92. The summed E-state index contributed by atoms with van der Waals surface area (Å²) in [6, 6.07) is 9.47. The third-order valence-electron chi connectivity index (χ3n) is 3.20. The Morgan fingerprint density at radius 2 is 2.14 bits per heavy atom. The van der Waals surface area contributed by atoms with E-state index in [0.717, 1.165) is 5.39 Å². The molecule has 21 heavy (non-hydrogen) atoms. The van der Waals surface area contributed by atoms with E-state index in [-0.39, 0.29) is 5.91 Å². The predicted octanol–water partition coefficient (Wildman–Crippen LogP) is 3.29. The number of carbonyl (C=O) groups excluding carboxylic acids is 1. The van der Waals surface area contributed by atoms with Crippen LogP contribution in [0.15, 0.2) is 42.6 Å². The molecule has 2 heterocycles. The molecule has 1 amide bonds. The summed E-state index contributed by atoms with van der Waals surface area (Å²) in [6.45, 7) is 0. The summed E-state index contributed by atoms with van der Waals surface area (Å²) >= 11 is 1.24. The van der Waals surface area contributed by atoms with Gasteiger partial charge >= 0.3 is 0 Å². The van der Waals surface area contributed by atoms with Crippen molar-refractivity contribution in [2.75, 3.05) is 17.7 Å². The highest BCUT2D eigenvalue weighted by Gasteiger charge is 2.21. The fraction of sp³-hybridized carbons (Fsp3) is 0.0667. The summed E-state index contributed by atoms with van der Waals surface area (Å²) in [5, 5.41) is 0.762. The first-order valence-corrected chi connectivity index (χ1v) is 7.06. The van der Waals surface area contributed by atoms with E-state index < -0.39 is 5.82 Å². The van der Waals surface area contributed by atoms with E-state index in [0.29, 0.717) is 21.1 Å². The van der Waals surface area contributed by atoms with Crippen LogP contribution >= 0.6 is 11.3 Å². The summed E-state index contributed by atoms with van der Waals surface area (Å²) < 4.78 is 13.3. The third kappa shape index (κ3) is 2.34. The molecule has 0 fully saturated rings. The van der Waals surface area contributed by atoms with E-state index in [1.54, 1.807) is 31.4 Å². The molecule has 2 aromatic heterocycles. The lowest BCUT2D eigenvalue weighted by Crippen LogP contribution is -2.26. The van der Waals surface area contributed by atoms with Gasteiger partial charge in [0.2, 0.25) is 0 Å². The molecule has 0 bridgehead atoms. The molecule has 1 aromatic carbocycles. The summed E-state index contributed by atoms with van der Waals surface area (Å²) in [7, 11) is 1.59. The second-order valence-electron chi connectivity index (χ2n) is 4.55. The lowest BCUT2D eigenvalue weighted by Gasteiger charge is -2.16. The molecule has 0 saturated heterocycles. The topological polar surface area (TPSA) is 59.2 Å². The molecule has 0 atom stereocenters. The zero-order valence-electron chi connectivity index (χ0n) is 11.2. The molecule has 0 spiro atoms. The van der Waals surface area contributed by atoms with Crippen LogP contribution in [-0.4, -0.2) is 17.9 Å². The van der Waals surface area contributed by atoms with Crippen molar-refractivity contribution in [1.82, 2.24) is 4.98 Å². The van der Waals surface area contributed by atoms with E-state index in [2.05, 4.69) is 4.98 Å². The van der Waals surface area contributed by atoms with E-state index in [9.17, 15) is 9.18 Å². The fourth-order valence-electron chi connectivity index (χ4n) is 2.06. The minimum absolute atomic E-state index is 0.277. The number of nitrogen functional groups attached to an aromatic ring is 1. The van der Waals surface area contributed by atoms with Gasteiger partial charge in [0.25, 0.3) is 5.91 Å². The molecule has 2 N–H and O–H groups in total. The molecular weight excluding hydrogens is 289 g/mol. The Balaban J connectivity index is 2.02. The van der Waals surface area contributed by atoms with Crippen molar-refractivity contribution in [2.45, 2.75) is 0 Å². The number of halogens is 1. The van der Waals surface area contributed by atoms with E-state index in [4.69, 9.17) is 5.73 Å². The number of fused-ring (bicyclic) bond motifs is 1. The number of amides is 1. The SMILES string of the molecule is CN(C(=O)c1sc2ncccc2c1N)c1cccc(F)c1. The number of carbonyl (C=O) groups is 1. The number of nitrogens with zero attached hydrogens (tertiary/aromatic N) is 2. The smallest absolute Gasteiger partial charge is 0.270 e. The van der Waals surface area contributed by atoms with Crippen LogP contribution in [0.2, 0.25) is 0 Å². The quantitative estimate of drug-likeness (QED) is 0.790. The first-order chi connectivity index (χ1) is 10.1. The molecule has 3 aromatic rings. The van der Waals surface area contributed by atoms with Crippen molar-refractivity contribution in [3.8, 4) is 0 Å². The second-order valence-corrected chi connectivity index (χ2v) is 5.54. The Labute approximate surface area is 124 Å². The zero-order chi connectivity index (χ0) is 15.0. The highest BCUT2D eigenvalue weighted by Crippen LogP contribution is 2.33. The van der Waals surface area contributed by atoms with Gasteiger partial charge in [-0.15, -0.1) is 11.3 Å². The molecule has 0 aliphatic rings. The molecule has 0 saturated carbocycles. The minimum Gasteiger partial charge on any atom is -0.397 e. The number of pyridine rings is 1. The molecule has 106 valence electrons. The maximum Gasteiger partial charge on any atom is 0.270 e. The van der Waals surface area contributed by atoms with Gasteiger partial charge in [-0.05, 0) is 30.3 Å². The molecule has 0 aliphatic heterocycles. The first-order valence-electron chi connectivity index (χ1n) is 6.24. The summed E-state index contributed by atoms with van der Waals surface area (Å²) in [6.07, 6.45) is 1.66. The van der Waals surface area contributed by atoms with Gasteiger partial charge < -0.3 is 10.6 Å². The minimum atomic E-state index is -0.391. The molecule has 0 radical (unpaired) electrons. The van der Waals surface area contributed by atoms with Gasteiger partial charge in [0.05, 0.1) is 5.69 Å². The zero-order valence-corrected chi connectivity index (χ0v) is 12.0. The number of thiophene rings is 1. The van der Waals surface area contributed by atoms with Gasteiger partial charge in [-0.2, -0.15) is 0 Å². The Morgan fingerprint density at radius 3 is 2.86 bits per heavy atom. The maximum absolute atomic E-state index is 13.3. The molecular formula is C15H12FN3OS. The molecule has 0 unspecified atom stereocenters. The predicted molar refractivity (Wildman–Crippen MR) is 83.2 cm³/mol. The largest absolute Gasteiger partial charge is 0.397 e. The van der Waals surface area contributed by atoms with E-state index >= 15 is 0 Å². The lowest BCUT2D eigenvalue weighted by atomic mass is 10.2.